The number of nitrogens with one attached hydrogen (secondary N) is 1. The number of rotatable bonds is 4. The number of halogens is 1. The Morgan fingerprint density at radius 1 is 1.24 bits per heavy atom. The zero-order valence-corrected chi connectivity index (χ0v) is 20.3. The number of fused-ring (bicyclic) bond motifs is 4. The topological polar surface area (TPSA) is 101 Å². The molecule has 9 heteroatoms. The smallest absolute Gasteiger partial charge is 0.263 e. The van der Waals surface area contributed by atoms with E-state index in [0.29, 0.717) is 54.3 Å². The molecule has 7 rings (SSSR count). The lowest BCUT2D eigenvalue weighted by atomic mass is 9.55. The Morgan fingerprint density at radius 3 is 2.71 bits per heavy atom. The zero-order chi connectivity index (χ0) is 23.7. The lowest BCUT2D eigenvalue weighted by Crippen LogP contribution is -2.67. The van der Waals surface area contributed by atoms with Crippen molar-refractivity contribution in [3.8, 4) is 5.75 Å². The van der Waals surface area contributed by atoms with Crippen LogP contribution in [0, 0.1) is 5.92 Å². The van der Waals surface area contributed by atoms with Gasteiger partial charge in [0.2, 0.25) is 11.8 Å². The van der Waals surface area contributed by atoms with Crippen LogP contribution < -0.4 is 15.0 Å². The van der Waals surface area contributed by atoms with Crippen LogP contribution in [0.5, 0.6) is 5.75 Å². The number of hydrogen-bond acceptors (Lipinski definition) is 7. The van der Waals surface area contributed by atoms with Gasteiger partial charge in [0.05, 0.1) is 29.3 Å². The number of aliphatic hydroxyl groups excluding tert-OH is 1. The minimum absolute atomic E-state index is 0.194. The van der Waals surface area contributed by atoms with E-state index >= 15 is 0 Å². The van der Waals surface area contributed by atoms with Crippen LogP contribution in [-0.4, -0.2) is 52.6 Å². The molecule has 1 aromatic carbocycles. The van der Waals surface area contributed by atoms with E-state index in [2.05, 4.69) is 22.4 Å². The molecule has 0 spiro atoms. The SMILES string of the molecule is CC1CC(c2nnc(C34CCC(NC(=O)C5CN(C)c6cc(Cl)ccc6O5)(CC3)[C@@H](O)C4)o2)C1. The van der Waals surface area contributed by atoms with Gasteiger partial charge >= 0.3 is 0 Å². The van der Waals surface area contributed by atoms with Crippen LogP contribution in [0.2, 0.25) is 5.02 Å². The molecule has 34 heavy (non-hydrogen) atoms. The second kappa shape index (κ2) is 7.85. The molecule has 182 valence electrons. The van der Waals surface area contributed by atoms with Crippen molar-refractivity contribution in [2.75, 3.05) is 18.5 Å². The first-order chi connectivity index (χ1) is 16.3. The van der Waals surface area contributed by atoms with Crippen LogP contribution in [-0.2, 0) is 10.2 Å². The summed E-state index contributed by atoms with van der Waals surface area (Å²) in [6, 6.07) is 5.39. The van der Waals surface area contributed by atoms with Gasteiger partial charge in [0.25, 0.3) is 5.91 Å². The molecule has 1 aromatic heterocycles. The van der Waals surface area contributed by atoms with Gasteiger partial charge in [-0.15, -0.1) is 10.2 Å². The Kier molecular flexibility index (Phi) is 5.12. The number of benzene rings is 1. The molecule has 4 fully saturated rings. The second-order valence-electron chi connectivity index (χ2n) is 11.0. The molecule has 8 nitrogen and oxygen atoms in total. The van der Waals surface area contributed by atoms with Crippen LogP contribution in [0.15, 0.2) is 22.6 Å². The number of aromatic nitrogens is 2. The fourth-order valence-corrected chi connectivity index (χ4v) is 6.56. The summed E-state index contributed by atoms with van der Waals surface area (Å²) >= 11 is 6.11. The molecule has 2 N–H and O–H groups in total. The second-order valence-corrected chi connectivity index (χ2v) is 11.4. The highest BCUT2D eigenvalue weighted by Gasteiger charge is 2.58. The van der Waals surface area contributed by atoms with Gasteiger partial charge in [-0.1, -0.05) is 18.5 Å². The first-order valence-corrected chi connectivity index (χ1v) is 12.7. The summed E-state index contributed by atoms with van der Waals surface area (Å²) in [6.07, 6.45) is 4.34. The lowest BCUT2D eigenvalue weighted by molar-refractivity contribution is -0.136. The first-order valence-electron chi connectivity index (χ1n) is 12.3. The Balaban J connectivity index is 1.14. The summed E-state index contributed by atoms with van der Waals surface area (Å²) in [6.45, 7) is 2.66. The number of likely N-dealkylation sites (N-methyl/N-ethyl adjacent to an activating group) is 1. The predicted octanol–water partition coefficient (Wildman–Crippen LogP) is 3.57. The predicted molar refractivity (Wildman–Crippen MR) is 126 cm³/mol. The number of ether oxygens (including phenoxy) is 1. The average Bonchev–Trinajstić information content (AvgIpc) is 3.29. The molecule has 4 saturated carbocycles. The van der Waals surface area contributed by atoms with E-state index in [1.54, 1.807) is 12.1 Å². The van der Waals surface area contributed by atoms with Crippen molar-refractivity contribution >= 4 is 23.2 Å². The maximum absolute atomic E-state index is 13.3. The van der Waals surface area contributed by atoms with E-state index in [1.165, 1.54) is 0 Å². The van der Waals surface area contributed by atoms with Gasteiger partial charge in [0.15, 0.2) is 6.10 Å². The van der Waals surface area contributed by atoms with Gasteiger partial charge in [-0.25, -0.2) is 0 Å². The van der Waals surface area contributed by atoms with Gasteiger partial charge in [0, 0.05) is 18.0 Å². The lowest BCUT2D eigenvalue weighted by Gasteiger charge is -2.55. The van der Waals surface area contributed by atoms with Gasteiger partial charge in [-0.3, -0.25) is 4.79 Å². The Morgan fingerprint density at radius 2 is 2.00 bits per heavy atom. The number of nitrogens with zero attached hydrogens (tertiary/aromatic N) is 3. The number of amides is 1. The number of aliphatic hydroxyl groups is 1. The van der Waals surface area contributed by atoms with Crippen molar-refractivity contribution in [3.63, 3.8) is 0 Å². The molecule has 2 aromatic rings. The van der Waals surface area contributed by atoms with Crippen LogP contribution in [0.1, 0.15) is 69.6 Å². The van der Waals surface area contributed by atoms with E-state index < -0.39 is 17.7 Å². The molecule has 2 bridgehead atoms. The number of carbonyl (C=O) groups is 1. The molecular weight excluding hydrogens is 456 g/mol. The largest absolute Gasteiger partial charge is 0.477 e. The highest BCUT2D eigenvalue weighted by atomic mass is 35.5. The summed E-state index contributed by atoms with van der Waals surface area (Å²) in [7, 11) is 1.92. The third-order valence-electron chi connectivity index (χ3n) is 8.64. The van der Waals surface area contributed by atoms with Crippen molar-refractivity contribution in [1.82, 2.24) is 15.5 Å². The first kappa shape index (κ1) is 22.2. The van der Waals surface area contributed by atoms with Gasteiger partial charge in [-0.2, -0.15) is 0 Å². The monoisotopic (exact) mass is 486 g/mol. The Labute approximate surface area is 204 Å². The zero-order valence-electron chi connectivity index (χ0n) is 19.6. The minimum Gasteiger partial charge on any atom is -0.477 e. The summed E-state index contributed by atoms with van der Waals surface area (Å²) in [5.41, 5.74) is -0.0790. The van der Waals surface area contributed by atoms with Crippen LogP contribution in [0.4, 0.5) is 5.69 Å². The van der Waals surface area contributed by atoms with Gasteiger partial charge in [0.1, 0.15) is 5.75 Å². The molecule has 2 heterocycles. The van der Waals surface area contributed by atoms with Crippen LogP contribution >= 0.6 is 11.6 Å². The molecule has 1 unspecified atom stereocenters. The van der Waals surface area contributed by atoms with E-state index in [9.17, 15) is 9.90 Å². The third-order valence-corrected chi connectivity index (χ3v) is 8.88. The van der Waals surface area contributed by atoms with Gasteiger partial charge < -0.3 is 24.5 Å². The fraction of sp³-hybridized carbons (Fsp3) is 0.640. The summed E-state index contributed by atoms with van der Waals surface area (Å²) in [5, 5.41) is 23.8. The number of anilines is 1. The third kappa shape index (κ3) is 3.49. The number of carbonyl (C=O) groups excluding carboxylic acids is 1. The minimum atomic E-state index is -0.676. The van der Waals surface area contributed by atoms with E-state index in [-0.39, 0.29) is 11.3 Å². The highest BCUT2D eigenvalue weighted by molar-refractivity contribution is 6.31. The van der Waals surface area contributed by atoms with E-state index in [1.807, 2.05) is 18.0 Å². The Bertz CT molecular complexity index is 1110. The molecule has 0 radical (unpaired) electrons. The Hall–Kier alpha value is -2.32. The van der Waals surface area contributed by atoms with Crippen LogP contribution in [0.3, 0.4) is 0 Å². The van der Waals surface area contributed by atoms with Crippen molar-refractivity contribution in [2.45, 2.75) is 80.9 Å². The molecular formula is C25H31ClN4O4. The fourth-order valence-electron chi connectivity index (χ4n) is 6.39. The highest BCUT2D eigenvalue weighted by Crippen LogP contribution is 2.54. The standard InChI is InChI=1S/C25H31ClN4O4/c1-14-9-15(10-14)22-28-29-23(34-22)24-5-7-25(8-6-24,20(31)12-24)27-21(32)19-13-30(2)17-11-16(26)3-4-18(17)33-19/h3-4,11,14-15,19-20,31H,5-10,12-13H2,1-2H3,(H,27,32)/t14?,15?,19?,20-,24?,25?/m0/s1. The van der Waals surface area contributed by atoms with Crippen molar-refractivity contribution in [1.29, 1.82) is 0 Å². The van der Waals surface area contributed by atoms with E-state index in [4.69, 9.17) is 20.8 Å². The molecule has 5 aliphatic rings. The molecule has 2 atom stereocenters. The van der Waals surface area contributed by atoms with Crippen molar-refractivity contribution in [3.05, 3.63) is 35.0 Å². The summed E-state index contributed by atoms with van der Waals surface area (Å²) < 4.78 is 12.2. The quantitative estimate of drug-likeness (QED) is 0.681. The van der Waals surface area contributed by atoms with E-state index in [0.717, 1.165) is 37.3 Å². The number of hydrogen-bond donors (Lipinski definition) is 2. The maximum atomic E-state index is 13.3. The molecule has 1 aliphatic heterocycles. The molecule has 4 aliphatic carbocycles. The van der Waals surface area contributed by atoms with Crippen molar-refractivity contribution < 1.29 is 19.1 Å². The van der Waals surface area contributed by atoms with Gasteiger partial charge in [-0.05, 0) is 69.1 Å². The van der Waals surface area contributed by atoms with Crippen LogP contribution in [0.25, 0.3) is 0 Å². The normalized spacial score (nSPS) is 36.4. The average molecular weight is 487 g/mol. The molecule has 0 saturated heterocycles. The van der Waals surface area contributed by atoms with Crippen molar-refractivity contribution in [2.24, 2.45) is 5.92 Å². The summed E-state index contributed by atoms with van der Waals surface area (Å²) in [5.74, 6) is 2.93. The maximum Gasteiger partial charge on any atom is 0.263 e. The molecule has 1 amide bonds. The summed E-state index contributed by atoms with van der Waals surface area (Å²) in [4.78, 5) is 15.2.